The van der Waals surface area contributed by atoms with Crippen molar-refractivity contribution in [3.8, 4) is 11.9 Å². The summed E-state index contributed by atoms with van der Waals surface area (Å²) in [7, 11) is 1.82. The number of aromatic nitrogens is 3. The van der Waals surface area contributed by atoms with Gasteiger partial charge in [-0.25, -0.2) is 0 Å². The maximum absolute atomic E-state index is 9.00. The Hall–Kier alpha value is -2.02. The molecule has 0 amide bonds. The molecule has 4 heteroatoms. The lowest BCUT2D eigenvalue weighted by molar-refractivity contribution is 0.745. The van der Waals surface area contributed by atoms with Crippen molar-refractivity contribution in [2.75, 3.05) is 0 Å². The van der Waals surface area contributed by atoms with E-state index in [1.165, 1.54) is 0 Å². The van der Waals surface area contributed by atoms with Crippen molar-refractivity contribution >= 4 is 0 Å². The molecule has 2 aromatic rings. The molecule has 2 aromatic heterocycles. The molecule has 4 nitrogen and oxygen atoms in total. The Balaban J connectivity index is 2.69. The van der Waals surface area contributed by atoms with Crippen LogP contribution in [0.2, 0.25) is 0 Å². The molecule has 0 aliphatic carbocycles. The predicted octanol–water partition coefficient (Wildman–Crippen LogP) is 1.70. The van der Waals surface area contributed by atoms with Crippen LogP contribution < -0.4 is 0 Å². The van der Waals surface area contributed by atoms with E-state index in [9.17, 15) is 0 Å². The molecule has 0 atom stereocenters. The van der Waals surface area contributed by atoms with Gasteiger partial charge in [-0.15, -0.1) is 0 Å². The highest BCUT2D eigenvalue weighted by atomic mass is 15.3. The molecule has 0 N–H and O–H groups in total. The summed E-state index contributed by atoms with van der Waals surface area (Å²) in [6, 6.07) is 6.19. The van der Waals surface area contributed by atoms with E-state index in [2.05, 4.69) is 11.2 Å². The van der Waals surface area contributed by atoms with Gasteiger partial charge < -0.3 is 4.57 Å². The number of nitriles is 1. The van der Waals surface area contributed by atoms with Crippen LogP contribution in [-0.2, 0) is 7.05 Å². The van der Waals surface area contributed by atoms with E-state index in [4.69, 9.17) is 5.26 Å². The highest BCUT2D eigenvalue weighted by molar-refractivity contribution is 5.44. The summed E-state index contributed by atoms with van der Waals surface area (Å²) in [4.78, 5) is 0. The average molecular weight is 200 g/mol. The minimum absolute atomic E-state index is 0.597. The predicted molar refractivity (Wildman–Crippen MR) is 56.7 cm³/mol. The van der Waals surface area contributed by atoms with Crippen LogP contribution in [0.4, 0.5) is 0 Å². The Morgan fingerprint density at radius 3 is 2.40 bits per heavy atom. The molecule has 0 aliphatic heterocycles. The van der Waals surface area contributed by atoms with E-state index in [1.807, 2.05) is 37.6 Å². The van der Waals surface area contributed by atoms with E-state index >= 15 is 0 Å². The van der Waals surface area contributed by atoms with Crippen LogP contribution in [0, 0.1) is 25.2 Å². The zero-order valence-electron chi connectivity index (χ0n) is 9.02. The minimum Gasteiger partial charge on any atom is -0.301 e. The van der Waals surface area contributed by atoms with E-state index in [0.717, 1.165) is 11.4 Å². The highest BCUT2D eigenvalue weighted by Crippen LogP contribution is 2.17. The van der Waals surface area contributed by atoms with Crippen molar-refractivity contribution in [3.05, 3.63) is 35.3 Å². The Morgan fingerprint density at radius 1 is 1.27 bits per heavy atom. The van der Waals surface area contributed by atoms with E-state index in [-0.39, 0.29) is 0 Å². The largest absolute Gasteiger partial charge is 0.301 e. The third kappa shape index (κ3) is 1.42. The van der Waals surface area contributed by atoms with E-state index < -0.39 is 0 Å². The van der Waals surface area contributed by atoms with Crippen molar-refractivity contribution in [2.45, 2.75) is 13.8 Å². The van der Waals surface area contributed by atoms with Gasteiger partial charge in [0.2, 0.25) is 0 Å². The zero-order chi connectivity index (χ0) is 11.0. The molecule has 0 aliphatic rings. The minimum atomic E-state index is 0.597. The molecule has 2 heterocycles. The van der Waals surface area contributed by atoms with Gasteiger partial charge in [0.25, 0.3) is 0 Å². The fraction of sp³-hybridized carbons (Fsp3) is 0.273. The lowest BCUT2D eigenvalue weighted by Crippen LogP contribution is -2.02. The first kappa shape index (κ1) is 9.53. The zero-order valence-corrected chi connectivity index (χ0v) is 9.02. The van der Waals surface area contributed by atoms with Gasteiger partial charge >= 0.3 is 0 Å². The second-order valence-electron chi connectivity index (χ2n) is 3.60. The molecular weight excluding hydrogens is 188 g/mol. The van der Waals surface area contributed by atoms with Crippen molar-refractivity contribution in [3.63, 3.8) is 0 Å². The highest BCUT2D eigenvalue weighted by Gasteiger charge is 2.12. The summed E-state index contributed by atoms with van der Waals surface area (Å²) in [5.41, 5.74) is 2.77. The molecule has 15 heavy (non-hydrogen) atoms. The molecule has 0 aromatic carbocycles. The molecule has 0 bridgehead atoms. The van der Waals surface area contributed by atoms with Gasteiger partial charge in [-0.3, -0.25) is 4.68 Å². The van der Waals surface area contributed by atoms with Crippen LogP contribution >= 0.6 is 0 Å². The topological polar surface area (TPSA) is 46.5 Å². The molecule has 0 fully saturated rings. The van der Waals surface area contributed by atoms with Gasteiger partial charge in [0.1, 0.15) is 11.6 Å². The molecule has 0 spiro atoms. The fourth-order valence-electron chi connectivity index (χ4n) is 1.72. The standard InChI is InChI=1S/C11H12N4/c1-8-4-5-9(2)15(8)11-10(6-12)7-14(3)13-11/h4-5,7H,1-3H3. The van der Waals surface area contributed by atoms with Crippen LogP contribution in [0.15, 0.2) is 18.3 Å². The van der Waals surface area contributed by atoms with Crippen LogP contribution in [0.25, 0.3) is 5.82 Å². The fourth-order valence-corrected chi connectivity index (χ4v) is 1.72. The maximum atomic E-state index is 9.00. The Kier molecular flexibility index (Phi) is 2.09. The molecule has 76 valence electrons. The molecular formula is C11H12N4. The van der Waals surface area contributed by atoms with Crippen LogP contribution in [0.3, 0.4) is 0 Å². The van der Waals surface area contributed by atoms with Crippen LogP contribution in [0.5, 0.6) is 0 Å². The lowest BCUT2D eigenvalue weighted by atomic mass is 10.3. The van der Waals surface area contributed by atoms with Gasteiger partial charge in [0.05, 0.1) is 0 Å². The number of hydrogen-bond donors (Lipinski definition) is 0. The van der Waals surface area contributed by atoms with Crippen molar-refractivity contribution in [1.82, 2.24) is 14.3 Å². The van der Waals surface area contributed by atoms with Crippen LogP contribution in [-0.4, -0.2) is 14.3 Å². The maximum Gasteiger partial charge on any atom is 0.177 e. The second kappa shape index (κ2) is 3.28. The number of aryl methyl sites for hydroxylation is 3. The first-order valence-corrected chi connectivity index (χ1v) is 4.72. The first-order chi connectivity index (χ1) is 7.13. The molecule has 0 radical (unpaired) electrons. The van der Waals surface area contributed by atoms with Gasteiger partial charge in [-0.1, -0.05) is 0 Å². The Morgan fingerprint density at radius 2 is 1.87 bits per heavy atom. The summed E-state index contributed by atoms with van der Waals surface area (Å²) in [5, 5.41) is 13.3. The van der Waals surface area contributed by atoms with E-state index in [0.29, 0.717) is 11.4 Å². The quantitative estimate of drug-likeness (QED) is 0.703. The average Bonchev–Trinajstić information content (AvgIpc) is 2.70. The molecule has 0 unspecified atom stereocenters. The third-order valence-electron chi connectivity index (χ3n) is 2.41. The summed E-state index contributed by atoms with van der Waals surface area (Å²) < 4.78 is 3.64. The summed E-state index contributed by atoms with van der Waals surface area (Å²) in [6.07, 6.45) is 1.73. The number of rotatable bonds is 1. The third-order valence-corrected chi connectivity index (χ3v) is 2.41. The number of nitrogens with zero attached hydrogens (tertiary/aromatic N) is 4. The van der Waals surface area contributed by atoms with Gasteiger partial charge in [-0.2, -0.15) is 10.4 Å². The van der Waals surface area contributed by atoms with Crippen LogP contribution in [0.1, 0.15) is 17.0 Å². The molecule has 0 saturated heterocycles. The van der Waals surface area contributed by atoms with Crippen molar-refractivity contribution < 1.29 is 0 Å². The van der Waals surface area contributed by atoms with E-state index in [1.54, 1.807) is 10.9 Å². The first-order valence-electron chi connectivity index (χ1n) is 4.72. The van der Waals surface area contributed by atoms with Gasteiger partial charge in [0.15, 0.2) is 5.82 Å². The SMILES string of the molecule is Cc1ccc(C)n1-c1nn(C)cc1C#N. The lowest BCUT2D eigenvalue weighted by Gasteiger charge is -2.05. The van der Waals surface area contributed by atoms with Gasteiger partial charge in [0, 0.05) is 24.6 Å². The monoisotopic (exact) mass is 200 g/mol. The van der Waals surface area contributed by atoms with Crippen molar-refractivity contribution in [1.29, 1.82) is 5.26 Å². The number of hydrogen-bond acceptors (Lipinski definition) is 2. The van der Waals surface area contributed by atoms with Crippen molar-refractivity contribution in [2.24, 2.45) is 7.05 Å². The summed E-state index contributed by atoms with van der Waals surface area (Å²) in [6.45, 7) is 4.01. The molecule has 0 saturated carbocycles. The molecule has 2 rings (SSSR count). The normalized spacial score (nSPS) is 10.3. The summed E-state index contributed by atoms with van der Waals surface area (Å²) >= 11 is 0. The Bertz CT molecular complexity index is 520. The Labute approximate surface area is 88.4 Å². The summed E-state index contributed by atoms with van der Waals surface area (Å²) in [5.74, 6) is 0.708. The van der Waals surface area contributed by atoms with Gasteiger partial charge in [-0.05, 0) is 26.0 Å². The second-order valence-corrected chi connectivity index (χ2v) is 3.60. The smallest absolute Gasteiger partial charge is 0.177 e.